The Morgan fingerprint density at radius 3 is 2.68 bits per heavy atom. The van der Waals surface area contributed by atoms with E-state index >= 15 is 0 Å². The Hall–Kier alpha value is -3.63. The number of benzene rings is 2. The van der Waals surface area contributed by atoms with E-state index in [1.165, 1.54) is 6.21 Å². The Labute approximate surface area is 155 Å². The molecule has 1 heterocycles. The molecule has 8 nitrogen and oxygen atoms in total. The Morgan fingerprint density at radius 1 is 1.21 bits per heavy atom. The van der Waals surface area contributed by atoms with E-state index in [0.717, 1.165) is 6.07 Å². The van der Waals surface area contributed by atoms with Gasteiger partial charge in [-0.2, -0.15) is 18.3 Å². The van der Waals surface area contributed by atoms with Gasteiger partial charge in [-0.15, -0.1) is 0 Å². The largest absolute Gasteiger partial charge is 0.454 e. The lowest BCUT2D eigenvalue weighted by molar-refractivity contribution is -0.385. The van der Waals surface area contributed by atoms with Crippen LogP contribution in [-0.2, 0) is 17.4 Å². The predicted molar refractivity (Wildman–Crippen MR) is 90.1 cm³/mol. The molecular weight excluding hydrogens is 383 g/mol. The number of hydrazone groups is 1. The summed E-state index contributed by atoms with van der Waals surface area (Å²) < 4.78 is 48.5. The molecule has 0 aromatic heterocycles. The van der Waals surface area contributed by atoms with Crippen molar-refractivity contribution in [2.45, 2.75) is 12.6 Å². The van der Waals surface area contributed by atoms with Crippen LogP contribution in [0.25, 0.3) is 0 Å². The van der Waals surface area contributed by atoms with Crippen molar-refractivity contribution in [3.8, 4) is 11.5 Å². The van der Waals surface area contributed by atoms with Crippen molar-refractivity contribution >= 4 is 17.8 Å². The normalized spacial score (nSPS) is 13.0. The molecule has 0 saturated carbocycles. The molecule has 2 aromatic carbocycles. The second-order valence-electron chi connectivity index (χ2n) is 5.68. The van der Waals surface area contributed by atoms with Crippen LogP contribution >= 0.6 is 0 Å². The maximum absolute atomic E-state index is 12.7. The molecule has 1 aliphatic rings. The van der Waals surface area contributed by atoms with Crippen molar-refractivity contribution in [2.24, 2.45) is 5.10 Å². The minimum absolute atomic E-state index is 0.110. The van der Waals surface area contributed by atoms with E-state index in [9.17, 15) is 28.1 Å². The Bertz CT molecular complexity index is 960. The van der Waals surface area contributed by atoms with Gasteiger partial charge < -0.3 is 9.47 Å². The Morgan fingerprint density at radius 2 is 1.96 bits per heavy atom. The van der Waals surface area contributed by atoms with Gasteiger partial charge in [-0.25, -0.2) is 5.43 Å². The standard InChI is InChI=1S/C17H12F3N3O5/c18-17(19,20)12-3-2-11(13(7-12)23(25)26)6-16(24)22-21-8-10-1-4-14-15(5-10)28-9-27-14/h1-5,7-8H,6,9H2,(H,22,24). The Kier molecular flexibility index (Phi) is 5.16. The van der Waals surface area contributed by atoms with E-state index in [2.05, 4.69) is 10.5 Å². The summed E-state index contributed by atoms with van der Waals surface area (Å²) in [5.41, 5.74) is 0.665. The van der Waals surface area contributed by atoms with Crippen molar-refractivity contribution in [2.75, 3.05) is 6.79 Å². The molecule has 0 radical (unpaired) electrons. The first-order chi connectivity index (χ1) is 13.2. The highest BCUT2D eigenvalue weighted by atomic mass is 19.4. The summed E-state index contributed by atoms with van der Waals surface area (Å²) in [6.45, 7) is 0.110. The lowest BCUT2D eigenvalue weighted by Crippen LogP contribution is -2.20. The van der Waals surface area contributed by atoms with Crippen molar-refractivity contribution in [1.29, 1.82) is 0 Å². The van der Waals surface area contributed by atoms with E-state index in [0.29, 0.717) is 29.2 Å². The molecular formula is C17H12F3N3O5. The first kappa shape index (κ1) is 19.1. The van der Waals surface area contributed by atoms with Gasteiger partial charge in [0.15, 0.2) is 11.5 Å². The van der Waals surface area contributed by atoms with Crippen LogP contribution in [0, 0.1) is 10.1 Å². The lowest BCUT2D eigenvalue weighted by Gasteiger charge is -2.08. The van der Waals surface area contributed by atoms with Crippen LogP contribution in [0.2, 0.25) is 0 Å². The molecule has 0 saturated heterocycles. The van der Waals surface area contributed by atoms with Crippen LogP contribution in [-0.4, -0.2) is 23.8 Å². The average molecular weight is 395 g/mol. The van der Waals surface area contributed by atoms with Gasteiger partial charge in [-0.1, -0.05) is 6.07 Å². The summed E-state index contributed by atoms with van der Waals surface area (Å²) in [6, 6.07) is 6.96. The number of nitro benzene ring substituents is 1. The zero-order valence-corrected chi connectivity index (χ0v) is 14.0. The number of amides is 1. The fraction of sp³-hybridized carbons (Fsp3) is 0.176. The summed E-state index contributed by atoms with van der Waals surface area (Å²) in [4.78, 5) is 22.0. The minimum atomic E-state index is -4.72. The van der Waals surface area contributed by atoms with Crippen LogP contribution in [0.15, 0.2) is 41.5 Å². The van der Waals surface area contributed by atoms with Gasteiger partial charge >= 0.3 is 6.18 Å². The number of nitrogens with one attached hydrogen (secondary N) is 1. The number of carbonyl (C=O) groups is 1. The molecule has 1 amide bonds. The maximum Gasteiger partial charge on any atom is 0.416 e. The molecule has 11 heteroatoms. The molecule has 0 aliphatic carbocycles. The van der Waals surface area contributed by atoms with Gasteiger partial charge in [0.25, 0.3) is 5.69 Å². The minimum Gasteiger partial charge on any atom is -0.454 e. The number of halogens is 3. The highest BCUT2D eigenvalue weighted by Gasteiger charge is 2.33. The van der Waals surface area contributed by atoms with Crippen molar-refractivity contribution in [3.05, 3.63) is 63.2 Å². The molecule has 0 unspecified atom stereocenters. The average Bonchev–Trinajstić information content (AvgIpc) is 3.08. The highest BCUT2D eigenvalue weighted by Crippen LogP contribution is 2.33. The predicted octanol–water partition coefficient (Wildman–Crippen LogP) is 3.04. The smallest absolute Gasteiger partial charge is 0.416 e. The fourth-order valence-electron chi connectivity index (χ4n) is 2.44. The molecule has 0 spiro atoms. The molecule has 0 fully saturated rings. The summed E-state index contributed by atoms with van der Waals surface area (Å²) in [6.07, 6.45) is -3.91. The van der Waals surface area contributed by atoms with Crippen LogP contribution in [0.5, 0.6) is 11.5 Å². The first-order valence-electron chi connectivity index (χ1n) is 7.80. The van der Waals surface area contributed by atoms with Gasteiger partial charge in [0, 0.05) is 11.6 Å². The molecule has 1 N–H and O–H groups in total. The molecule has 0 atom stereocenters. The van der Waals surface area contributed by atoms with Gasteiger partial charge in [0.05, 0.1) is 23.1 Å². The van der Waals surface area contributed by atoms with Gasteiger partial charge in [0.2, 0.25) is 12.7 Å². The zero-order valence-electron chi connectivity index (χ0n) is 14.0. The number of carbonyl (C=O) groups excluding carboxylic acids is 1. The molecule has 1 aliphatic heterocycles. The van der Waals surface area contributed by atoms with E-state index in [-0.39, 0.29) is 12.4 Å². The molecule has 146 valence electrons. The second-order valence-corrected chi connectivity index (χ2v) is 5.68. The number of rotatable bonds is 5. The first-order valence-corrected chi connectivity index (χ1v) is 7.80. The Balaban J connectivity index is 1.67. The van der Waals surface area contributed by atoms with Crippen LogP contribution in [0.1, 0.15) is 16.7 Å². The van der Waals surface area contributed by atoms with Crippen LogP contribution in [0.3, 0.4) is 0 Å². The van der Waals surface area contributed by atoms with Gasteiger partial charge in [0.1, 0.15) is 0 Å². The SMILES string of the molecule is O=C(Cc1ccc(C(F)(F)F)cc1[N+](=O)[O-])NN=Cc1ccc2c(c1)OCO2. The molecule has 0 bridgehead atoms. The van der Waals surface area contributed by atoms with Crippen molar-refractivity contribution in [3.63, 3.8) is 0 Å². The maximum atomic E-state index is 12.7. The van der Waals surface area contributed by atoms with Crippen molar-refractivity contribution in [1.82, 2.24) is 5.43 Å². The van der Waals surface area contributed by atoms with Crippen LogP contribution < -0.4 is 14.9 Å². The number of ether oxygens (including phenoxy) is 2. The third kappa shape index (κ3) is 4.37. The summed E-state index contributed by atoms with van der Waals surface area (Å²) in [5.74, 6) is 0.381. The van der Waals surface area contributed by atoms with Gasteiger partial charge in [-0.05, 0) is 29.8 Å². The topological polar surface area (TPSA) is 103 Å². The number of fused-ring (bicyclic) bond motifs is 1. The lowest BCUT2D eigenvalue weighted by atomic mass is 10.1. The second kappa shape index (κ2) is 7.55. The van der Waals surface area contributed by atoms with Gasteiger partial charge in [-0.3, -0.25) is 14.9 Å². The number of alkyl halides is 3. The van der Waals surface area contributed by atoms with E-state index in [4.69, 9.17) is 9.47 Å². The van der Waals surface area contributed by atoms with Crippen LogP contribution in [0.4, 0.5) is 18.9 Å². The molecule has 28 heavy (non-hydrogen) atoms. The van der Waals surface area contributed by atoms with E-state index in [1.807, 2.05) is 0 Å². The third-order valence-corrected chi connectivity index (χ3v) is 3.76. The third-order valence-electron chi connectivity index (χ3n) is 3.76. The molecule has 3 rings (SSSR count). The monoisotopic (exact) mass is 395 g/mol. The van der Waals surface area contributed by atoms with E-state index < -0.39 is 34.7 Å². The quantitative estimate of drug-likeness (QED) is 0.476. The number of nitro groups is 1. The summed E-state index contributed by atoms with van der Waals surface area (Å²) >= 11 is 0. The zero-order chi connectivity index (χ0) is 20.3. The fourth-order valence-corrected chi connectivity index (χ4v) is 2.44. The summed E-state index contributed by atoms with van der Waals surface area (Å²) in [5, 5.41) is 14.8. The summed E-state index contributed by atoms with van der Waals surface area (Å²) in [7, 11) is 0. The van der Waals surface area contributed by atoms with E-state index in [1.54, 1.807) is 18.2 Å². The van der Waals surface area contributed by atoms with Crippen molar-refractivity contribution < 1.29 is 32.4 Å². The number of hydrogen-bond donors (Lipinski definition) is 1. The number of hydrogen-bond acceptors (Lipinski definition) is 6. The molecule has 2 aromatic rings. The number of nitrogens with zero attached hydrogens (tertiary/aromatic N) is 2. The highest BCUT2D eigenvalue weighted by molar-refractivity contribution is 5.84.